The molecule has 0 aliphatic heterocycles. The number of carbonyl (C=O) groups is 1. The lowest BCUT2D eigenvalue weighted by Crippen LogP contribution is -2.20. The molecule has 1 amide bonds. The molecule has 2 rings (SSSR count). The van der Waals surface area contributed by atoms with Crippen LogP contribution in [0.3, 0.4) is 0 Å². The predicted octanol–water partition coefficient (Wildman–Crippen LogP) is 3.82. The number of anilines is 1. The van der Waals surface area contributed by atoms with Crippen molar-refractivity contribution >= 4 is 41.0 Å². The molecule has 0 heterocycles. The summed E-state index contributed by atoms with van der Waals surface area (Å²) in [6, 6.07) is 11.5. The van der Waals surface area contributed by atoms with Gasteiger partial charge in [-0.05, 0) is 48.0 Å². The van der Waals surface area contributed by atoms with E-state index in [4.69, 9.17) is 33.1 Å². The molecule has 0 saturated heterocycles. The number of hydrogen-bond acceptors (Lipinski definition) is 4. The lowest BCUT2D eigenvalue weighted by atomic mass is 10.2. The average molecular weight is 339 g/mol. The van der Waals surface area contributed by atoms with Gasteiger partial charge in [-0.25, -0.2) is 0 Å². The Hall–Kier alpha value is -2.24. The fraction of sp³-hybridized carbons (Fsp3) is 0.0667. The first-order valence-corrected chi connectivity index (χ1v) is 6.99. The predicted molar refractivity (Wildman–Crippen MR) is 86.4 cm³/mol. The number of ether oxygens (including phenoxy) is 1. The van der Waals surface area contributed by atoms with E-state index in [0.717, 1.165) is 0 Å². The van der Waals surface area contributed by atoms with Gasteiger partial charge in [0.25, 0.3) is 5.91 Å². The SMILES string of the molecule is O=C(COc1ccc(/C=N\O)cc1Cl)Nc1ccc(Cl)cc1. The van der Waals surface area contributed by atoms with Gasteiger partial charge >= 0.3 is 0 Å². The molecule has 0 saturated carbocycles. The Morgan fingerprint density at radius 2 is 1.95 bits per heavy atom. The van der Waals surface area contributed by atoms with Gasteiger partial charge in [-0.3, -0.25) is 4.79 Å². The molecule has 2 aromatic carbocycles. The molecule has 0 bridgehead atoms. The molecule has 0 fully saturated rings. The Labute approximate surface area is 137 Å². The Bertz CT molecular complexity index is 688. The fourth-order valence-electron chi connectivity index (χ4n) is 1.65. The minimum Gasteiger partial charge on any atom is -0.482 e. The Balaban J connectivity index is 1.92. The summed E-state index contributed by atoms with van der Waals surface area (Å²) in [4.78, 5) is 11.8. The monoisotopic (exact) mass is 338 g/mol. The molecule has 7 heteroatoms. The van der Waals surface area contributed by atoms with Crippen LogP contribution in [0.25, 0.3) is 0 Å². The highest BCUT2D eigenvalue weighted by Gasteiger charge is 2.07. The van der Waals surface area contributed by atoms with Crippen molar-refractivity contribution < 1.29 is 14.7 Å². The Morgan fingerprint density at radius 3 is 2.59 bits per heavy atom. The van der Waals surface area contributed by atoms with Crippen molar-refractivity contribution in [3.05, 3.63) is 58.1 Å². The molecular formula is C15H12Cl2N2O3. The lowest BCUT2D eigenvalue weighted by molar-refractivity contribution is -0.118. The molecule has 0 radical (unpaired) electrons. The second-order valence-corrected chi connectivity index (χ2v) is 5.12. The summed E-state index contributed by atoms with van der Waals surface area (Å²) in [5.74, 6) is 0.0439. The summed E-state index contributed by atoms with van der Waals surface area (Å²) in [5, 5.41) is 14.9. The fourth-order valence-corrected chi connectivity index (χ4v) is 2.02. The van der Waals surface area contributed by atoms with E-state index in [1.165, 1.54) is 6.21 Å². The number of halogens is 2. The average Bonchev–Trinajstić information content (AvgIpc) is 2.49. The first-order chi connectivity index (χ1) is 10.6. The third-order valence-corrected chi connectivity index (χ3v) is 3.20. The van der Waals surface area contributed by atoms with Gasteiger partial charge in [-0.1, -0.05) is 28.4 Å². The van der Waals surface area contributed by atoms with Crippen LogP contribution in [-0.4, -0.2) is 23.9 Å². The summed E-state index contributed by atoms with van der Waals surface area (Å²) in [5.41, 5.74) is 1.24. The normalized spacial score (nSPS) is 10.6. The Morgan fingerprint density at radius 1 is 1.23 bits per heavy atom. The van der Waals surface area contributed by atoms with E-state index in [1.54, 1.807) is 42.5 Å². The number of benzene rings is 2. The Kier molecular flexibility index (Phi) is 5.63. The quantitative estimate of drug-likeness (QED) is 0.494. The summed E-state index contributed by atoms with van der Waals surface area (Å²) >= 11 is 11.8. The zero-order chi connectivity index (χ0) is 15.9. The van der Waals surface area contributed by atoms with Crippen LogP contribution in [0.1, 0.15) is 5.56 Å². The number of carbonyl (C=O) groups excluding carboxylic acids is 1. The van der Waals surface area contributed by atoms with Crippen LogP contribution in [-0.2, 0) is 4.79 Å². The largest absolute Gasteiger partial charge is 0.482 e. The highest BCUT2D eigenvalue weighted by atomic mass is 35.5. The van der Waals surface area contributed by atoms with Crippen molar-refractivity contribution in [2.24, 2.45) is 5.16 Å². The molecule has 0 atom stereocenters. The molecular weight excluding hydrogens is 327 g/mol. The smallest absolute Gasteiger partial charge is 0.262 e. The van der Waals surface area contributed by atoms with E-state index in [0.29, 0.717) is 27.0 Å². The molecule has 2 N–H and O–H groups in total. The summed E-state index contributed by atoms with van der Waals surface area (Å²) in [7, 11) is 0. The molecule has 0 aliphatic carbocycles. The first kappa shape index (κ1) is 16.1. The van der Waals surface area contributed by atoms with Gasteiger partial charge in [0.2, 0.25) is 0 Å². The van der Waals surface area contributed by atoms with E-state index < -0.39 is 0 Å². The zero-order valence-electron chi connectivity index (χ0n) is 11.3. The summed E-state index contributed by atoms with van der Waals surface area (Å²) < 4.78 is 5.35. The standard InChI is InChI=1S/C15H12Cl2N2O3/c16-11-2-4-12(5-3-11)19-15(20)9-22-14-6-1-10(8-18-21)7-13(14)17/h1-8,21H,9H2,(H,19,20)/b18-8-. The van der Waals surface area contributed by atoms with Gasteiger partial charge in [0.15, 0.2) is 6.61 Å². The van der Waals surface area contributed by atoms with Crippen molar-refractivity contribution in [1.29, 1.82) is 0 Å². The molecule has 22 heavy (non-hydrogen) atoms. The van der Waals surface area contributed by atoms with Crippen LogP contribution >= 0.6 is 23.2 Å². The number of amides is 1. The molecule has 0 unspecified atom stereocenters. The maximum absolute atomic E-state index is 11.8. The molecule has 114 valence electrons. The number of oxime groups is 1. The van der Waals surface area contributed by atoms with Crippen LogP contribution in [0.2, 0.25) is 10.0 Å². The van der Waals surface area contributed by atoms with E-state index >= 15 is 0 Å². The third-order valence-electron chi connectivity index (χ3n) is 2.65. The maximum Gasteiger partial charge on any atom is 0.262 e. The van der Waals surface area contributed by atoms with Gasteiger partial charge in [0.1, 0.15) is 5.75 Å². The van der Waals surface area contributed by atoms with Crippen LogP contribution < -0.4 is 10.1 Å². The maximum atomic E-state index is 11.8. The summed E-state index contributed by atoms with van der Waals surface area (Å²) in [6.07, 6.45) is 1.24. The zero-order valence-corrected chi connectivity index (χ0v) is 12.8. The molecule has 0 aromatic heterocycles. The van der Waals surface area contributed by atoms with Gasteiger partial charge in [-0.15, -0.1) is 0 Å². The van der Waals surface area contributed by atoms with Gasteiger partial charge in [0.05, 0.1) is 11.2 Å². The van der Waals surface area contributed by atoms with E-state index in [9.17, 15) is 4.79 Å². The van der Waals surface area contributed by atoms with Crippen LogP contribution in [0.4, 0.5) is 5.69 Å². The highest BCUT2D eigenvalue weighted by molar-refractivity contribution is 6.32. The molecule has 2 aromatic rings. The van der Waals surface area contributed by atoms with E-state index in [-0.39, 0.29) is 12.5 Å². The second-order valence-electron chi connectivity index (χ2n) is 4.28. The minimum absolute atomic E-state index is 0.185. The van der Waals surface area contributed by atoms with Gasteiger partial charge < -0.3 is 15.3 Å². The molecule has 5 nitrogen and oxygen atoms in total. The van der Waals surface area contributed by atoms with Crippen LogP contribution in [0, 0.1) is 0 Å². The van der Waals surface area contributed by atoms with Crippen molar-refractivity contribution in [2.75, 3.05) is 11.9 Å². The number of nitrogens with zero attached hydrogens (tertiary/aromatic N) is 1. The minimum atomic E-state index is -0.320. The van der Waals surface area contributed by atoms with Gasteiger partial charge in [0, 0.05) is 10.7 Å². The van der Waals surface area contributed by atoms with Crippen LogP contribution in [0.15, 0.2) is 47.6 Å². The third kappa shape index (κ3) is 4.65. The number of hydrogen-bond donors (Lipinski definition) is 2. The first-order valence-electron chi connectivity index (χ1n) is 6.23. The van der Waals surface area contributed by atoms with Crippen molar-refractivity contribution in [2.45, 2.75) is 0 Å². The summed E-state index contributed by atoms with van der Waals surface area (Å²) in [6.45, 7) is -0.185. The van der Waals surface area contributed by atoms with Crippen molar-refractivity contribution in [3.8, 4) is 5.75 Å². The topological polar surface area (TPSA) is 70.9 Å². The number of rotatable bonds is 5. The van der Waals surface area contributed by atoms with Crippen molar-refractivity contribution in [3.63, 3.8) is 0 Å². The lowest BCUT2D eigenvalue weighted by Gasteiger charge is -2.09. The highest BCUT2D eigenvalue weighted by Crippen LogP contribution is 2.25. The number of nitrogens with one attached hydrogen (secondary N) is 1. The molecule has 0 spiro atoms. The molecule has 0 aliphatic rings. The van der Waals surface area contributed by atoms with Crippen LogP contribution in [0.5, 0.6) is 5.75 Å². The van der Waals surface area contributed by atoms with E-state index in [2.05, 4.69) is 10.5 Å². The van der Waals surface area contributed by atoms with Crippen molar-refractivity contribution in [1.82, 2.24) is 0 Å². The van der Waals surface area contributed by atoms with E-state index in [1.807, 2.05) is 0 Å². The van der Waals surface area contributed by atoms with Gasteiger partial charge in [-0.2, -0.15) is 0 Å². The second kappa shape index (κ2) is 7.68.